The number of nitrogens with one attached hydrogen (secondary N) is 1. The molecule has 2 unspecified atom stereocenters. The average Bonchev–Trinajstić information content (AvgIpc) is 2.89. The van der Waals surface area contributed by atoms with Crippen molar-refractivity contribution >= 4 is 23.5 Å². The second-order valence-electron chi connectivity index (χ2n) is 5.93. The first kappa shape index (κ1) is 17.0. The van der Waals surface area contributed by atoms with Gasteiger partial charge in [-0.2, -0.15) is 0 Å². The van der Waals surface area contributed by atoms with E-state index in [1.54, 1.807) is 4.90 Å². The molecule has 2 rings (SSSR count). The minimum Gasteiger partial charge on any atom is -0.480 e. The van der Waals surface area contributed by atoms with Crippen molar-refractivity contribution in [1.29, 1.82) is 0 Å². The Hall–Kier alpha value is -2.37. The van der Waals surface area contributed by atoms with Crippen molar-refractivity contribution in [2.45, 2.75) is 39.2 Å². The van der Waals surface area contributed by atoms with Crippen LogP contribution in [-0.4, -0.2) is 35.5 Å². The van der Waals surface area contributed by atoms with Crippen molar-refractivity contribution < 1.29 is 19.5 Å². The van der Waals surface area contributed by atoms with Crippen molar-refractivity contribution in [3.63, 3.8) is 0 Å². The molecule has 0 aromatic heterocycles. The lowest BCUT2D eigenvalue weighted by atomic mass is 10.1. The fourth-order valence-corrected chi connectivity index (χ4v) is 2.69. The fraction of sp³-hybridized carbons (Fsp3) is 0.471. The largest absolute Gasteiger partial charge is 0.480 e. The highest BCUT2D eigenvalue weighted by molar-refractivity contribution is 6.00. The molecule has 1 saturated heterocycles. The van der Waals surface area contributed by atoms with Gasteiger partial charge in [-0.15, -0.1) is 0 Å². The van der Waals surface area contributed by atoms with E-state index in [9.17, 15) is 14.4 Å². The molecule has 2 amide bonds. The minimum atomic E-state index is -1.04. The predicted molar refractivity (Wildman–Crippen MR) is 86.1 cm³/mol. The first-order chi connectivity index (χ1) is 10.9. The van der Waals surface area contributed by atoms with Gasteiger partial charge in [0.15, 0.2) is 0 Å². The van der Waals surface area contributed by atoms with E-state index in [4.69, 9.17) is 5.11 Å². The molecule has 1 aromatic carbocycles. The molecular formula is C17H22N2O4. The number of anilines is 1. The van der Waals surface area contributed by atoms with Gasteiger partial charge in [0.1, 0.15) is 6.04 Å². The standard InChI is InChI=1S/C17H22N2O4/c1-3-4-14(17(22)23)18-16(21)12-9-15(20)19(10-12)13-7-5-11(2)6-8-13/h5-8,12,14H,3-4,9-10H2,1-2H3,(H,18,21)(H,22,23). The predicted octanol–water partition coefficient (Wildman–Crippen LogP) is 1.72. The summed E-state index contributed by atoms with van der Waals surface area (Å²) in [4.78, 5) is 37.1. The maximum atomic E-state index is 12.3. The van der Waals surface area contributed by atoms with Gasteiger partial charge in [0.25, 0.3) is 0 Å². The van der Waals surface area contributed by atoms with Crippen LogP contribution in [0, 0.1) is 12.8 Å². The summed E-state index contributed by atoms with van der Waals surface area (Å²) in [7, 11) is 0. The van der Waals surface area contributed by atoms with E-state index in [2.05, 4.69) is 5.32 Å². The molecule has 1 aliphatic heterocycles. The highest BCUT2D eigenvalue weighted by Crippen LogP contribution is 2.25. The van der Waals surface area contributed by atoms with Crippen molar-refractivity contribution in [1.82, 2.24) is 5.32 Å². The number of carbonyl (C=O) groups excluding carboxylic acids is 2. The lowest BCUT2D eigenvalue weighted by Gasteiger charge is -2.18. The molecule has 1 fully saturated rings. The zero-order chi connectivity index (χ0) is 17.0. The Bertz CT molecular complexity index is 597. The van der Waals surface area contributed by atoms with Crippen LogP contribution < -0.4 is 10.2 Å². The summed E-state index contributed by atoms with van der Waals surface area (Å²) in [5, 5.41) is 11.7. The number of carboxylic acid groups (broad SMARTS) is 1. The number of hydrogen-bond donors (Lipinski definition) is 2. The summed E-state index contributed by atoms with van der Waals surface area (Å²) in [5.41, 5.74) is 1.86. The summed E-state index contributed by atoms with van der Waals surface area (Å²) < 4.78 is 0. The van der Waals surface area contributed by atoms with Crippen molar-refractivity contribution in [3.8, 4) is 0 Å². The molecule has 6 nitrogen and oxygen atoms in total. The Balaban J connectivity index is 2.02. The number of nitrogens with zero attached hydrogens (tertiary/aromatic N) is 1. The second kappa shape index (κ2) is 7.26. The lowest BCUT2D eigenvalue weighted by molar-refractivity contribution is -0.142. The van der Waals surface area contributed by atoms with Crippen molar-refractivity contribution in [2.24, 2.45) is 5.92 Å². The van der Waals surface area contributed by atoms with Crippen LogP contribution in [-0.2, 0) is 14.4 Å². The highest BCUT2D eigenvalue weighted by atomic mass is 16.4. The normalized spacial score (nSPS) is 18.8. The summed E-state index contributed by atoms with van der Waals surface area (Å²) in [6.45, 7) is 4.11. The van der Waals surface area contributed by atoms with Gasteiger partial charge < -0.3 is 15.3 Å². The van der Waals surface area contributed by atoms with Gasteiger partial charge in [-0.25, -0.2) is 4.79 Å². The van der Waals surface area contributed by atoms with E-state index in [0.29, 0.717) is 12.8 Å². The molecule has 0 saturated carbocycles. The van der Waals surface area contributed by atoms with Gasteiger partial charge in [-0.1, -0.05) is 31.0 Å². The Morgan fingerprint density at radius 1 is 1.35 bits per heavy atom. The van der Waals surface area contributed by atoms with E-state index in [-0.39, 0.29) is 24.8 Å². The maximum Gasteiger partial charge on any atom is 0.326 e. The van der Waals surface area contributed by atoms with E-state index in [1.165, 1.54) is 0 Å². The molecule has 6 heteroatoms. The molecular weight excluding hydrogens is 296 g/mol. The summed E-state index contributed by atoms with van der Waals surface area (Å²) in [5.74, 6) is -2.03. The Morgan fingerprint density at radius 2 is 2.00 bits per heavy atom. The fourth-order valence-electron chi connectivity index (χ4n) is 2.69. The first-order valence-electron chi connectivity index (χ1n) is 7.82. The summed E-state index contributed by atoms with van der Waals surface area (Å²) >= 11 is 0. The van der Waals surface area contributed by atoms with E-state index >= 15 is 0 Å². The number of aliphatic carboxylic acids is 1. The number of aryl methyl sites for hydroxylation is 1. The number of carbonyl (C=O) groups is 3. The molecule has 124 valence electrons. The van der Waals surface area contributed by atoms with Gasteiger partial charge in [-0.05, 0) is 25.5 Å². The zero-order valence-corrected chi connectivity index (χ0v) is 13.4. The molecule has 23 heavy (non-hydrogen) atoms. The summed E-state index contributed by atoms with van der Waals surface area (Å²) in [6, 6.07) is 6.64. The third-order valence-corrected chi connectivity index (χ3v) is 4.03. The minimum absolute atomic E-state index is 0.109. The quantitative estimate of drug-likeness (QED) is 0.836. The Kier molecular flexibility index (Phi) is 5.36. The number of hydrogen-bond acceptors (Lipinski definition) is 3. The van der Waals surface area contributed by atoms with Crippen LogP contribution in [0.15, 0.2) is 24.3 Å². The molecule has 0 spiro atoms. The molecule has 2 atom stereocenters. The van der Waals surface area contributed by atoms with Crippen LogP contribution in [0.5, 0.6) is 0 Å². The lowest BCUT2D eigenvalue weighted by Crippen LogP contribution is -2.44. The second-order valence-corrected chi connectivity index (χ2v) is 5.93. The van der Waals surface area contributed by atoms with E-state index in [0.717, 1.165) is 11.3 Å². The molecule has 0 radical (unpaired) electrons. The van der Waals surface area contributed by atoms with Gasteiger partial charge in [-0.3, -0.25) is 9.59 Å². The smallest absolute Gasteiger partial charge is 0.326 e. The van der Waals surface area contributed by atoms with E-state index in [1.807, 2.05) is 38.1 Å². The highest BCUT2D eigenvalue weighted by Gasteiger charge is 2.36. The van der Waals surface area contributed by atoms with Gasteiger partial charge in [0.05, 0.1) is 5.92 Å². The van der Waals surface area contributed by atoms with Crippen LogP contribution in [0.4, 0.5) is 5.69 Å². The topological polar surface area (TPSA) is 86.7 Å². The first-order valence-corrected chi connectivity index (χ1v) is 7.82. The van der Waals surface area contributed by atoms with Crippen LogP contribution in [0.1, 0.15) is 31.7 Å². The molecule has 0 aliphatic carbocycles. The third-order valence-electron chi connectivity index (χ3n) is 4.03. The maximum absolute atomic E-state index is 12.3. The van der Waals surface area contributed by atoms with Crippen molar-refractivity contribution in [3.05, 3.63) is 29.8 Å². The number of rotatable bonds is 6. The molecule has 0 bridgehead atoms. The number of benzene rings is 1. The monoisotopic (exact) mass is 318 g/mol. The van der Waals surface area contributed by atoms with Gasteiger partial charge >= 0.3 is 5.97 Å². The van der Waals surface area contributed by atoms with Gasteiger partial charge in [0, 0.05) is 18.7 Å². The Labute approximate surface area is 135 Å². The van der Waals surface area contributed by atoms with Crippen LogP contribution in [0.2, 0.25) is 0 Å². The summed E-state index contributed by atoms with van der Waals surface area (Å²) in [6.07, 6.45) is 1.15. The van der Waals surface area contributed by atoms with Crippen LogP contribution >= 0.6 is 0 Å². The average molecular weight is 318 g/mol. The molecule has 2 N–H and O–H groups in total. The van der Waals surface area contributed by atoms with E-state index < -0.39 is 17.9 Å². The number of amides is 2. The van der Waals surface area contributed by atoms with Gasteiger partial charge in [0.2, 0.25) is 11.8 Å². The van der Waals surface area contributed by atoms with Crippen LogP contribution in [0.3, 0.4) is 0 Å². The third kappa shape index (κ3) is 4.09. The zero-order valence-electron chi connectivity index (χ0n) is 13.4. The molecule has 1 heterocycles. The Morgan fingerprint density at radius 3 is 2.57 bits per heavy atom. The van der Waals surface area contributed by atoms with Crippen LogP contribution in [0.25, 0.3) is 0 Å². The molecule has 1 aliphatic rings. The SMILES string of the molecule is CCCC(NC(=O)C1CC(=O)N(c2ccc(C)cc2)C1)C(=O)O. The number of carboxylic acids is 1. The van der Waals surface area contributed by atoms with Crippen molar-refractivity contribution in [2.75, 3.05) is 11.4 Å². The molecule has 1 aromatic rings.